The van der Waals surface area contributed by atoms with Gasteiger partial charge in [0, 0.05) is 13.2 Å². The van der Waals surface area contributed by atoms with Crippen LogP contribution < -0.4 is 0 Å². The Hall–Kier alpha value is -0.923. The molecule has 0 saturated carbocycles. The Bertz CT molecular complexity index is 290. The van der Waals surface area contributed by atoms with E-state index in [0.29, 0.717) is 19.6 Å². The third-order valence-electron chi connectivity index (χ3n) is 2.96. The number of unbranched alkanes of at least 4 members (excludes halogenated alkanes) is 1. The lowest BCUT2D eigenvalue weighted by molar-refractivity contribution is -0.148. The normalized spacial score (nSPS) is 14.3. The molecular formula is C12H24O6Si. The van der Waals surface area contributed by atoms with Crippen LogP contribution in [0.4, 0.5) is 0 Å². The molecule has 0 radical (unpaired) electrons. The lowest BCUT2D eigenvalue weighted by atomic mass is 9.97. The lowest BCUT2D eigenvalue weighted by Crippen LogP contribution is -2.45. The van der Waals surface area contributed by atoms with E-state index in [1.54, 1.807) is 13.8 Å². The summed E-state index contributed by atoms with van der Waals surface area (Å²) in [6.45, 7) is 6.11. The smallest absolute Gasteiger partial charge is 0.339 e. The van der Waals surface area contributed by atoms with Crippen LogP contribution in [-0.2, 0) is 18.4 Å². The van der Waals surface area contributed by atoms with Gasteiger partial charge in [0.1, 0.15) is 5.04 Å². The molecule has 0 saturated heterocycles. The molecule has 0 rings (SSSR count). The zero-order valence-corrected chi connectivity index (χ0v) is 13.0. The monoisotopic (exact) mass is 292 g/mol. The second-order valence-corrected chi connectivity index (χ2v) is 6.81. The second kappa shape index (κ2) is 9.06. The van der Waals surface area contributed by atoms with Gasteiger partial charge in [-0.2, -0.15) is 0 Å². The van der Waals surface area contributed by atoms with E-state index in [1.807, 2.05) is 6.92 Å². The van der Waals surface area contributed by atoms with Crippen molar-refractivity contribution in [2.45, 2.75) is 51.5 Å². The summed E-state index contributed by atoms with van der Waals surface area (Å²) in [5.74, 6) is -2.25. The SMILES string of the molecule is CCCCC(CC(=O)O)(C(=O)O)[SiH](OCC)OCC. The van der Waals surface area contributed by atoms with Crippen LogP contribution in [0.3, 0.4) is 0 Å². The molecule has 0 aromatic carbocycles. The van der Waals surface area contributed by atoms with Crippen molar-refractivity contribution in [3.8, 4) is 0 Å². The first-order chi connectivity index (χ1) is 8.94. The number of hydrogen-bond donors (Lipinski definition) is 2. The summed E-state index contributed by atoms with van der Waals surface area (Å²) in [5.41, 5.74) is 0. The number of carboxylic acid groups (broad SMARTS) is 2. The largest absolute Gasteiger partial charge is 0.481 e. The van der Waals surface area contributed by atoms with Crippen molar-refractivity contribution < 1.29 is 28.7 Å². The number of hydrogen-bond acceptors (Lipinski definition) is 4. The van der Waals surface area contributed by atoms with Gasteiger partial charge < -0.3 is 19.1 Å². The van der Waals surface area contributed by atoms with Crippen LogP contribution in [0, 0.1) is 0 Å². The summed E-state index contributed by atoms with van der Waals surface area (Å²) >= 11 is 0. The van der Waals surface area contributed by atoms with Gasteiger partial charge in [0.25, 0.3) is 0 Å². The average Bonchev–Trinajstić information content (AvgIpc) is 2.33. The van der Waals surface area contributed by atoms with Gasteiger partial charge in [0.05, 0.1) is 6.42 Å². The van der Waals surface area contributed by atoms with E-state index in [4.69, 9.17) is 14.0 Å². The van der Waals surface area contributed by atoms with Crippen molar-refractivity contribution in [1.82, 2.24) is 0 Å². The number of carboxylic acids is 2. The molecule has 0 bridgehead atoms. The average molecular weight is 292 g/mol. The molecule has 0 aliphatic carbocycles. The van der Waals surface area contributed by atoms with Crippen LogP contribution in [0.1, 0.15) is 46.5 Å². The van der Waals surface area contributed by atoms with Crippen molar-refractivity contribution in [2.24, 2.45) is 0 Å². The van der Waals surface area contributed by atoms with Gasteiger partial charge in [0.2, 0.25) is 0 Å². The zero-order chi connectivity index (χ0) is 14.9. The molecule has 0 aromatic heterocycles. The number of aliphatic carboxylic acids is 2. The Morgan fingerprint density at radius 3 is 1.95 bits per heavy atom. The molecule has 0 aromatic rings. The fraction of sp³-hybridized carbons (Fsp3) is 0.833. The molecule has 0 fully saturated rings. The second-order valence-electron chi connectivity index (χ2n) is 4.38. The van der Waals surface area contributed by atoms with Crippen LogP contribution in [0.15, 0.2) is 0 Å². The third-order valence-corrected chi connectivity index (χ3v) is 5.87. The Balaban J connectivity index is 5.34. The highest BCUT2D eigenvalue weighted by molar-refractivity contribution is 6.54. The molecule has 0 heterocycles. The molecule has 0 aliphatic rings. The first-order valence-corrected chi connectivity index (χ1v) is 8.15. The van der Waals surface area contributed by atoms with Crippen molar-refractivity contribution >= 4 is 21.2 Å². The first-order valence-electron chi connectivity index (χ1n) is 6.62. The van der Waals surface area contributed by atoms with Gasteiger partial charge in [-0.25, -0.2) is 0 Å². The highest BCUT2D eigenvalue weighted by Crippen LogP contribution is 2.41. The third kappa shape index (κ3) is 5.29. The van der Waals surface area contributed by atoms with Gasteiger partial charge >= 0.3 is 21.2 Å². The van der Waals surface area contributed by atoms with E-state index in [1.165, 1.54) is 0 Å². The Morgan fingerprint density at radius 2 is 1.63 bits per heavy atom. The van der Waals surface area contributed by atoms with E-state index in [-0.39, 0.29) is 6.42 Å². The van der Waals surface area contributed by atoms with E-state index < -0.39 is 32.7 Å². The molecule has 7 heteroatoms. The molecule has 1 unspecified atom stereocenters. The summed E-state index contributed by atoms with van der Waals surface area (Å²) in [5, 5.41) is 17.2. The predicted molar refractivity (Wildman–Crippen MR) is 72.5 cm³/mol. The van der Waals surface area contributed by atoms with Gasteiger partial charge in [-0.05, 0) is 20.3 Å². The molecule has 0 amide bonds. The van der Waals surface area contributed by atoms with Crippen molar-refractivity contribution in [3.05, 3.63) is 0 Å². The Kier molecular flexibility index (Phi) is 8.62. The fourth-order valence-electron chi connectivity index (χ4n) is 2.00. The topological polar surface area (TPSA) is 93.1 Å². The summed E-state index contributed by atoms with van der Waals surface area (Å²) in [6.07, 6.45) is 1.28. The van der Waals surface area contributed by atoms with Crippen LogP contribution in [0.5, 0.6) is 0 Å². The van der Waals surface area contributed by atoms with Gasteiger partial charge in [-0.15, -0.1) is 0 Å². The van der Waals surface area contributed by atoms with E-state index in [2.05, 4.69) is 0 Å². The molecular weight excluding hydrogens is 268 g/mol. The predicted octanol–water partition coefficient (Wildman–Crippen LogP) is 1.77. The minimum absolute atomic E-state index is 0.280. The highest BCUT2D eigenvalue weighted by atomic mass is 28.3. The molecule has 1 atom stereocenters. The maximum absolute atomic E-state index is 11.7. The molecule has 0 aliphatic heterocycles. The van der Waals surface area contributed by atoms with Crippen molar-refractivity contribution in [3.63, 3.8) is 0 Å². The van der Waals surface area contributed by atoms with Gasteiger partial charge in [-0.1, -0.05) is 19.8 Å². The maximum Gasteiger partial charge on any atom is 0.339 e. The molecule has 19 heavy (non-hydrogen) atoms. The first kappa shape index (κ1) is 18.1. The minimum atomic E-state index is -2.61. The van der Waals surface area contributed by atoms with Crippen LogP contribution in [-0.4, -0.2) is 44.6 Å². The van der Waals surface area contributed by atoms with E-state index >= 15 is 0 Å². The Morgan fingerprint density at radius 1 is 1.11 bits per heavy atom. The number of carbonyl (C=O) groups is 2. The summed E-state index contributed by atoms with van der Waals surface area (Å²) < 4.78 is 11.0. The maximum atomic E-state index is 11.7. The summed E-state index contributed by atoms with van der Waals surface area (Å²) in [6, 6.07) is 0. The molecule has 6 nitrogen and oxygen atoms in total. The van der Waals surface area contributed by atoms with Crippen molar-refractivity contribution in [2.75, 3.05) is 13.2 Å². The summed E-state index contributed by atoms with van der Waals surface area (Å²) in [7, 11) is -2.61. The molecule has 112 valence electrons. The van der Waals surface area contributed by atoms with Crippen LogP contribution in [0.25, 0.3) is 0 Å². The van der Waals surface area contributed by atoms with E-state index in [0.717, 1.165) is 6.42 Å². The standard InChI is InChI=1S/C12H24O6Si/c1-4-7-8-12(11(15)16,9-10(13)14)19(17-5-2)18-6-3/h19H,4-9H2,1-3H3,(H,13,14)(H,15,16). The van der Waals surface area contributed by atoms with Crippen LogP contribution in [0.2, 0.25) is 5.04 Å². The number of rotatable bonds is 11. The molecule has 0 spiro atoms. The van der Waals surface area contributed by atoms with Gasteiger partial charge in [-0.3, -0.25) is 9.59 Å². The highest BCUT2D eigenvalue weighted by Gasteiger charge is 2.51. The van der Waals surface area contributed by atoms with Crippen LogP contribution >= 0.6 is 0 Å². The van der Waals surface area contributed by atoms with E-state index in [9.17, 15) is 14.7 Å². The summed E-state index contributed by atoms with van der Waals surface area (Å²) in [4.78, 5) is 22.7. The lowest BCUT2D eigenvalue weighted by Gasteiger charge is -2.33. The minimum Gasteiger partial charge on any atom is -0.481 e. The quantitative estimate of drug-likeness (QED) is 0.564. The van der Waals surface area contributed by atoms with Gasteiger partial charge in [0.15, 0.2) is 0 Å². The molecule has 2 N–H and O–H groups in total. The Labute approximate surface area is 115 Å². The zero-order valence-electron chi connectivity index (χ0n) is 11.8. The van der Waals surface area contributed by atoms with Crippen molar-refractivity contribution in [1.29, 1.82) is 0 Å². The fourth-order valence-corrected chi connectivity index (χ4v) is 4.33.